The van der Waals surface area contributed by atoms with Gasteiger partial charge in [0.05, 0.1) is 6.10 Å². The van der Waals surface area contributed by atoms with E-state index in [0.29, 0.717) is 18.5 Å². The Morgan fingerprint density at radius 2 is 2.23 bits per heavy atom. The van der Waals surface area contributed by atoms with Gasteiger partial charge in [-0.2, -0.15) is 0 Å². The molecular weight excluding hydrogens is 169 g/mol. The van der Waals surface area contributed by atoms with Crippen LogP contribution in [0.25, 0.3) is 0 Å². The Kier molecular flexibility index (Phi) is 3.39. The third kappa shape index (κ3) is 2.50. The first-order valence-corrected chi connectivity index (χ1v) is 4.29. The predicted octanol–water partition coefficient (Wildman–Crippen LogP) is 1.52. The lowest BCUT2D eigenvalue weighted by molar-refractivity contribution is 0.165. The molecule has 0 unspecified atom stereocenters. The third-order valence-corrected chi connectivity index (χ3v) is 1.96. The molecule has 0 amide bonds. The zero-order valence-corrected chi connectivity index (χ0v) is 7.63. The number of benzene rings is 1. The molecule has 1 aromatic rings. The Labute approximate surface area is 77.2 Å². The van der Waals surface area contributed by atoms with Crippen molar-refractivity contribution >= 4 is 0 Å². The summed E-state index contributed by atoms with van der Waals surface area (Å²) in [5.74, 6) is -0.360. The van der Waals surface area contributed by atoms with Gasteiger partial charge in [0.1, 0.15) is 5.82 Å². The maximum atomic E-state index is 13.2. The van der Waals surface area contributed by atoms with Crippen molar-refractivity contribution in [1.29, 1.82) is 0 Å². The van der Waals surface area contributed by atoms with Crippen molar-refractivity contribution in [1.82, 2.24) is 0 Å². The van der Waals surface area contributed by atoms with Crippen molar-refractivity contribution in [2.45, 2.75) is 19.4 Å². The second-order valence-corrected chi connectivity index (χ2v) is 3.12. The minimum Gasteiger partial charge on any atom is -0.388 e. The van der Waals surface area contributed by atoms with E-state index >= 15 is 0 Å². The Morgan fingerprint density at radius 1 is 1.54 bits per heavy atom. The second-order valence-electron chi connectivity index (χ2n) is 3.12. The highest BCUT2D eigenvalue weighted by molar-refractivity contribution is 5.25. The first kappa shape index (κ1) is 10.2. The van der Waals surface area contributed by atoms with Crippen molar-refractivity contribution in [3.05, 3.63) is 35.1 Å². The molecule has 0 fully saturated rings. The molecule has 3 heteroatoms. The average Bonchev–Trinajstić information content (AvgIpc) is 2.04. The van der Waals surface area contributed by atoms with Crippen LogP contribution in [0.15, 0.2) is 18.2 Å². The molecule has 0 saturated heterocycles. The molecule has 0 aliphatic rings. The van der Waals surface area contributed by atoms with E-state index in [-0.39, 0.29) is 5.82 Å². The molecular formula is C10H14FNO. The number of aliphatic hydroxyl groups excluding tert-OH is 1. The van der Waals surface area contributed by atoms with Gasteiger partial charge in [0.15, 0.2) is 0 Å². The van der Waals surface area contributed by atoms with Crippen LogP contribution in [0, 0.1) is 12.7 Å². The minimum atomic E-state index is -0.786. The second kappa shape index (κ2) is 4.35. The van der Waals surface area contributed by atoms with Gasteiger partial charge in [-0.15, -0.1) is 0 Å². The molecule has 0 radical (unpaired) electrons. The van der Waals surface area contributed by atoms with Crippen molar-refractivity contribution in [3.63, 3.8) is 0 Å². The van der Waals surface area contributed by atoms with Crippen LogP contribution in [-0.4, -0.2) is 11.7 Å². The molecule has 72 valence electrons. The quantitative estimate of drug-likeness (QED) is 0.746. The highest BCUT2D eigenvalue weighted by atomic mass is 19.1. The summed E-state index contributed by atoms with van der Waals surface area (Å²) in [5, 5.41) is 9.47. The summed E-state index contributed by atoms with van der Waals surface area (Å²) >= 11 is 0. The fourth-order valence-electron chi connectivity index (χ4n) is 1.22. The molecule has 13 heavy (non-hydrogen) atoms. The lowest BCUT2D eigenvalue weighted by Gasteiger charge is -2.10. The van der Waals surface area contributed by atoms with Gasteiger partial charge in [0.2, 0.25) is 0 Å². The van der Waals surface area contributed by atoms with Crippen LogP contribution in [-0.2, 0) is 0 Å². The van der Waals surface area contributed by atoms with Crippen molar-refractivity contribution in [2.75, 3.05) is 6.54 Å². The van der Waals surface area contributed by atoms with Crippen LogP contribution in [0.1, 0.15) is 23.7 Å². The maximum absolute atomic E-state index is 13.2. The van der Waals surface area contributed by atoms with Crippen LogP contribution in [0.3, 0.4) is 0 Å². The van der Waals surface area contributed by atoms with Crippen molar-refractivity contribution in [2.24, 2.45) is 5.73 Å². The summed E-state index contributed by atoms with van der Waals surface area (Å²) in [7, 11) is 0. The van der Waals surface area contributed by atoms with Gasteiger partial charge in [-0.25, -0.2) is 4.39 Å². The molecule has 0 aliphatic carbocycles. The number of nitrogens with two attached hydrogens (primary N) is 1. The highest BCUT2D eigenvalue weighted by Crippen LogP contribution is 2.20. The van der Waals surface area contributed by atoms with Gasteiger partial charge < -0.3 is 10.8 Å². The first-order valence-electron chi connectivity index (χ1n) is 4.29. The van der Waals surface area contributed by atoms with Crippen LogP contribution < -0.4 is 5.73 Å². The van der Waals surface area contributed by atoms with E-state index < -0.39 is 6.10 Å². The van der Waals surface area contributed by atoms with Gasteiger partial charge in [-0.3, -0.25) is 0 Å². The molecule has 0 saturated carbocycles. The Hall–Kier alpha value is -0.930. The van der Waals surface area contributed by atoms with E-state index in [1.807, 2.05) is 6.92 Å². The lowest BCUT2D eigenvalue weighted by Crippen LogP contribution is -2.08. The highest BCUT2D eigenvalue weighted by Gasteiger charge is 2.11. The first-order chi connectivity index (χ1) is 6.15. The van der Waals surface area contributed by atoms with Crippen molar-refractivity contribution in [3.8, 4) is 0 Å². The van der Waals surface area contributed by atoms with Crippen molar-refractivity contribution < 1.29 is 9.50 Å². The summed E-state index contributed by atoms with van der Waals surface area (Å²) in [4.78, 5) is 0. The Balaban J connectivity index is 2.88. The van der Waals surface area contributed by atoms with Gasteiger partial charge in [0, 0.05) is 5.56 Å². The van der Waals surface area contributed by atoms with E-state index in [2.05, 4.69) is 0 Å². The molecule has 3 N–H and O–H groups in total. The smallest absolute Gasteiger partial charge is 0.129 e. The summed E-state index contributed by atoms with van der Waals surface area (Å²) in [6.07, 6.45) is -0.398. The number of hydrogen-bond donors (Lipinski definition) is 2. The number of hydrogen-bond acceptors (Lipinski definition) is 2. The Morgan fingerprint density at radius 3 is 2.77 bits per heavy atom. The van der Waals surface area contributed by atoms with Gasteiger partial charge in [-0.1, -0.05) is 12.1 Å². The van der Waals surface area contributed by atoms with E-state index in [9.17, 15) is 9.50 Å². The number of rotatable bonds is 3. The minimum absolute atomic E-state index is 0.330. The molecule has 0 heterocycles. The predicted molar refractivity (Wildman–Crippen MR) is 49.8 cm³/mol. The van der Waals surface area contributed by atoms with E-state index in [4.69, 9.17) is 5.73 Å². The standard InChI is InChI=1S/C10H14FNO/c1-7-2-3-8(9(11)6-7)10(13)4-5-12/h2-3,6,10,13H,4-5,12H2,1H3/t10-/m0/s1. The maximum Gasteiger partial charge on any atom is 0.129 e. The molecule has 0 aliphatic heterocycles. The van der Waals surface area contributed by atoms with E-state index in [0.717, 1.165) is 5.56 Å². The van der Waals surface area contributed by atoms with Gasteiger partial charge >= 0.3 is 0 Å². The molecule has 0 aromatic heterocycles. The normalized spacial score (nSPS) is 12.9. The summed E-state index contributed by atoms with van der Waals surface area (Å²) in [6, 6.07) is 4.79. The summed E-state index contributed by atoms with van der Waals surface area (Å²) < 4.78 is 13.2. The zero-order valence-electron chi connectivity index (χ0n) is 7.63. The van der Waals surface area contributed by atoms with Gasteiger partial charge in [0.25, 0.3) is 0 Å². The van der Waals surface area contributed by atoms with E-state index in [1.165, 1.54) is 6.07 Å². The zero-order chi connectivity index (χ0) is 9.84. The molecule has 1 aromatic carbocycles. The molecule has 1 atom stereocenters. The number of halogens is 1. The summed E-state index contributed by atoms with van der Waals surface area (Å²) in [6.45, 7) is 2.16. The fraction of sp³-hybridized carbons (Fsp3) is 0.400. The largest absolute Gasteiger partial charge is 0.388 e. The van der Waals surface area contributed by atoms with Crippen LogP contribution in [0.5, 0.6) is 0 Å². The average molecular weight is 183 g/mol. The van der Waals surface area contributed by atoms with Crippen LogP contribution in [0.4, 0.5) is 4.39 Å². The molecule has 0 spiro atoms. The number of aryl methyl sites for hydroxylation is 1. The molecule has 1 rings (SSSR count). The summed E-state index contributed by atoms with van der Waals surface area (Å²) in [5.41, 5.74) is 6.44. The topological polar surface area (TPSA) is 46.2 Å². The molecule has 2 nitrogen and oxygen atoms in total. The van der Waals surface area contributed by atoms with Gasteiger partial charge in [-0.05, 0) is 31.5 Å². The monoisotopic (exact) mass is 183 g/mol. The lowest BCUT2D eigenvalue weighted by atomic mass is 10.0. The van der Waals surface area contributed by atoms with Crippen LogP contribution in [0.2, 0.25) is 0 Å². The fourth-order valence-corrected chi connectivity index (χ4v) is 1.22. The third-order valence-electron chi connectivity index (χ3n) is 1.96. The van der Waals surface area contributed by atoms with E-state index in [1.54, 1.807) is 12.1 Å². The molecule has 0 bridgehead atoms. The number of aliphatic hydroxyl groups is 1. The van der Waals surface area contributed by atoms with Crippen LogP contribution >= 0.6 is 0 Å². The Bertz CT molecular complexity index is 288. The SMILES string of the molecule is Cc1ccc([C@@H](O)CCN)c(F)c1.